The zero-order valence-electron chi connectivity index (χ0n) is 10.7. The summed E-state index contributed by atoms with van der Waals surface area (Å²) in [4.78, 5) is 3.74. The maximum Gasteiger partial charge on any atom is 0.146 e. The Morgan fingerprint density at radius 1 is 1.22 bits per heavy atom. The number of rotatable bonds is 3. The van der Waals surface area contributed by atoms with E-state index in [1.807, 2.05) is 6.07 Å². The Hall–Kier alpha value is -1.74. The van der Waals surface area contributed by atoms with E-state index in [1.165, 1.54) is 22.9 Å². The van der Waals surface area contributed by atoms with Crippen LogP contribution in [0.15, 0.2) is 36.7 Å². The van der Waals surface area contributed by atoms with Crippen LogP contribution in [0.1, 0.15) is 28.3 Å². The SMILES string of the molecule is Cc1cccc(C)c1CC(N)c1ccncc1F. The molecule has 2 nitrogen and oxygen atoms in total. The molecule has 0 saturated heterocycles. The number of pyridine rings is 1. The highest BCUT2D eigenvalue weighted by atomic mass is 19.1. The van der Waals surface area contributed by atoms with Crippen molar-refractivity contribution in [3.63, 3.8) is 0 Å². The van der Waals surface area contributed by atoms with Crippen molar-refractivity contribution in [2.45, 2.75) is 26.3 Å². The molecule has 2 aromatic rings. The Morgan fingerprint density at radius 2 is 1.89 bits per heavy atom. The van der Waals surface area contributed by atoms with Crippen LogP contribution in [-0.2, 0) is 6.42 Å². The van der Waals surface area contributed by atoms with E-state index in [0.717, 1.165) is 0 Å². The van der Waals surface area contributed by atoms with Crippen LogP contribution < -0.4 is 5.73 Å². The number of nitrogens with two attached hydrogens (primary N) is 1. The fourth-order valence-corrected chi connectivity index (χ4v) is 2.19. The Labute approximate surface area is 107 Å². The molecule has 2 rings (SSSR count). The lowest BCUT2D eigenvalue weighted by molar-refractivity contribution is 0.574. The van der Waals surface area contributed by atoms with Gasteiger partial charge in [0.05, 0.1) is 6.20 Å². The van der Waals surface area contributed by atoms with Gasteiger partial charge < -0.3 is 5.73 Å². The van der Waals surface area contributed by atoms with Crippen molar-refractivity contribution in [3.8, 4) is 0 Å². The molecule has 1 atom stereocenters. The third kappa shape index (κ3) is 2.57. The first kappa shape index (κ1) is 12.7. The summed E-state index contributed by atoms with van der Waals surface area (Å²) in [5, 5.41) is 0. The maximum atomic E-state index is 13.6. The van der Waals surface area contributed by atoms with Gasteiger partial charge in [0, 0.05) is 17.8 Å². The summed E-state index contributed by atoms with van der Waals surface area (Å²) in [5.74, 6) is -0.337. The number of nitrogens with zero attached hydrogens (tertiary/aromatic N) is 1. The second-order valence-corrected chi connectivity index (χ2v) is 4.58. The van der Waals surface area contributed by atoms with E-state index in [9.17, 15) is 4.39 Å². The fourth-order valence-electron chi connectivity index (χ4n) is 2.19. The van der Waals surface area contributed by atoms with Crippen molar-refractivity contribution in [3.05, 3.63) is 64.7 Å². The molecule has 1 heterocycles. The van der Waals surface area contributed by atoms with Crippen molar-refractivity contribution in [2.24, 2.45) is 5.73 Å². The highest BCUT2D eigenvalue weighted by Gasteiger charge is 2.14. The van der Waals surface area contributed by atoms with Gasteiger partial charge in [-0.05, 0) is 43.0 Å². The lowest BCUT2D eigenvalue weighted by Crippen LogP contribution is -2.16. The van der Waals surface area contributed by atoms with Gasteiger partial charge in [0.15, 0.2) is 0 Å². The van der Waals surface area contributed by atoms with Crippen molar-refractivity contribution in [1.29, 1.82) is 0 Å². The van der Waals surface area contributed by atoms with Crippen molar-refractivity contribution in [2.75, 3.05) is 0 Å². The fraction of sp³-hybridized carbons (Fsp3) is 0.267. The standard InChI is InChI=1S/C15H17FN2/c1-10-4-3-5-11(2)13(10)8-15(17)12-6-7-18-9-14(12)16/h3-7,9,15H,8,17H2,1-2H3. The van der Waals surface area contributed by atoms with Gasteiger partial charge in [-0.1, -0.05) is 18.2 Å². The zero-order valence-corrected chi connectivity index (χ0v) is 10.7. The summed E-state index contributed by atoms with van der Waals surface area (Å²) in [5.41, 5.74) is 10.2. The van der Waals surface area contributed by atoms with Crippen molar-refractivity contribution in [1.82, 2.24) is 4.98 Å². The number of halogens is 1. The highest BCUT2D eigenvalue weighted by molar-refractivity contribution is 5.35. The molecule has 2 N–H and O–H groups in total. The largest absolute Gasteiger partial charge is 0.324 e. The normalized spacial score (nSPS) is 12.4. The minimum absolute atomic E-state index is 0.337. The van der Waals surface area contributed by atoms with Gasteiger partial charge in [0.25, 0.3) is 0 Å². The molecule has 0 spiro atoms. The first-order chi connectivity index (χ1) is 8.59. The van der Waals surface area contributed by atoms with Crippen LogP contribution in [-0.4, -0.2) is 4.98 Å². The quantitative estimate of drug-likeness (QED) is 0.901. The van der Waals surface area contributed by atoms with Gasteiger partial charge in [0.1, 0.15) is 5.82 Å². The van der Waals surface area contributed by atoms with Gasteiger partial charge in [-0.3, -0.25) is 4.98 Å². The van der Waals surface area contributed by atoms with Gasteiger partial charge in [-0.15, -0.1) is 0 Å². The van der Waals surface area contributed by atoms with E-state index in [0.29, 0.717) is 12.0 Å². The number of benzene rings is 1. The lowest BCUT2D eigenvalue weighted by Gasteiger charge is -2.16. The first-order valence-electron chi connectivity index (χ1n) is 5.99. The molecular formula is C15H17FN2. The Balaban J connectivity index is 2.27. The van der Waals surface area contributed by atoms with Crippen LogP contribution in [0, 0.1) is 19.7 Å². The first-order valence-corrected chi connectivity index (χ1v) is 5.99. The molecular weight excluding hydrogens is 227 g/mol. The molecule has 0 aliphatic heterocycles. The zero-order chi connectivity index (χ0) is 13.1. The third-order valence-corrected chi connectivity index (χ3v) is 3.27. The van der Waals surface area contributed by atoms with E-state index in [-0.39, 0.29) is 11.9 Å². The van der Waals surface area contributed by atoms with Crippen LogP contribution in [0.3, 0.4) is 0 Å². The topological polar surface area (TPSA) is 38.9 Å². The molecule has 94 valence electrons. The van der Waals surface area contributed by atoms with Crippen LogP contribution in [0.4, 0.5) is 4.39 Å². The second kappa shape index (κ2) is 5.27. The highest BCUT2D eigenvalue weighted by Crippen LogP contribution is 2.22. The summed E-state index contributed by atoms with van der Waals surface area (Å²) in [6.45, 7) is 4.11. The van der Waals surface area contributed by atoms with E-state index in [1.54, 1.807) is 12.3 Å². The lowest BCUT2D eigenvalue weighted by atomic mass is 9.94. The summed E-state index contributed by atoms with van der Waals surface area (Å²) in [6, 6.07) is 7.43. The van der Waals surface area contributed by atoms with Crippen molar-refractivity contribution < 1.29 is 4.39 Å². The Morgan fingerprint density at radius 3 is 2.50 bits per heavy atom. The predicted octanol–water partition coefficient (Wildman–Crippen LogP) is 3.08. The molecule has 1 aromatic heterocycles. The summed E-state index contributed by atoms with van der Waals surface area (Å²) in [6.07, 6.45) is 3.42. The third-order valence-electron chi connectivity index (χ3n) is 3.27. The molecule has 0 saturated carbocycles. The van der Waals surface area contributed by atoms with E-state index >= 15 is 0 Å². The number of hydrogen-bond donors (Lipinski definition) is 1. The molecule has 3 heteroatoms. The predicted molar refractivity (Wildman–Crippen MR) is 70.7 cm³/mol. The molecule has 18 heavy (non-hydrogen) atoms. The van der Waals surface area contributed by atoms with Crippen LogP contribution in [0.25, 0.3) is 0 Å². The smallest absolute Gasteiger partial charge is 0.146 e. The van der Waals surface area contributed by atoms with Crippen LogP contribution in [0.2, 0.25) is 0 Å². The molecule has 0 bridgehead atoms. The average molecular weight is 244 g/mol. The summed E-state index contributed by atoms with van der Waals surface area (Å²) >= 11 is 0. The molecule has 1 aromatic carbocycles. The molecule has 0 radical (unpaired) electrons. The number of aromatic nitrogens is 1. The monoisotopic (exact) mass is 244 g/mol. The van der Waals surface area contributed by atoms with E-state index in [4.69, 9.17) is 5.73 Å². The number of hydrogen-bond acceptors (Lipinski definition) is 2. The summed E-state index contributed by atoms with van der Waals surface area (Å²) < 4.78 is 13.6. The van der Waals surface area contributed by atoms with E-state index in [2.05, 4.69) is 31.0 Å². The van der Waals surface area contributed by atoms with Gasteiger partial charge in [0.2, 0.25) is 0 Å². The van der Waals surface area contributed by atoms with Gasteiger partial charge in [-0.2, -0.15) is 0 Å². The molecule has 0 fully saturated rings. The minimum atomic E-state index is -0.340. The van der Waals surface area contributed by atoms with Crippen LogP contribution >= 0.6 is 0 Å². The maximum absolute atomic E-state index is 13.6. The van der Waals surface area contributed by atoms with Gasteiger partial charge >= 0.3 is 0 Å². The molecule has 1 unspecified atom stereocenters. The summed E-state index contributed by atoms with van der Waals surface area (Å²) in [7, 11) is 0. The van der Waals surface area contributed by atoms with E-state index < -0.39 is 0 Å². The average Bonchev–Trinajstić information content (AvgIpc) is 2.34. The van der Waals surface area contributed by atoms with Crippen molar-refractivity contribution >= 4 is 0 Å². The Bertz CT molecular complexity index is 532. The van der Waals surface area contributed by atoms with Gasteiger partial charge in [-0.25, -0.2) is 4.39 Å². The molecule has 0 aliphatic carbocycles. The minimum Gasteiger partial charge on any atom is -0.324 e. The molecule has 0 amide bonds. The molecule has 0 aliphatic rings. The second-order valence-electron chi connectivity index (χ2n) is 4.58. The van der Waals surface area contributed by atoms with Crippen LogP contribution in [0.5, 0.6) is 0 Å². The Kier molecular flexibility index (Phi) is 3.72. The number of aryl methyl sites for hydroxylation is 2.